The van der Waals surface area contributed by atoms with Crippen LogP contribution in [0.15, 0.2) is 17.4 Å². The SMILES string of the molecule is CCNC(=NCCCOCC(C)C)N1CCC(c2cnn(C)c2)C1. The van der Waals surface area contributed by atoms with Crippen LogP contribution >= 0.6 is 0 Å². The summed E-state index contributed by atoms with van der Waals surface area (Å²) < 4.78 is 7.51. The highest BCUT2D eigenvalue weighted by atomic mass is 16.5. The van der Waals surface area contributed by atoms with Gasteiger partial charge in [-0.2, -0.15) is 5.10 Å². The van der Waals surface area contributed by atoms with Gasteiger partial charge in [-0.25, -0.2) is 0 Å². The minimum absolute atomic E-state index is 0.553. The van der Waals surface area contributed by atoms with Crippen LogP contribution < -0.4 is 5.32 Å². The summed E-state index contributed by atoms with van der Waals surface area (Å²) in [5.41, 5.74) is 1.33. The van der Waals surface area contributed by atoms with Crippen LogP contribution in [0.4, 0.5) is 0 Å². The highest BCUT2D eigenvalue weighted by Crippen LogP contribution is 2.26. The van der Waals surface area contributed by atoms with Crippen molar-refractivity contribution < 1.29 is 4.74 Å². The van der Waals surface area contributed by atoms with Crippen molar-refractivity contribution in [2.75, 3.05) is 39.4 Å². The number of hydrogen-bond acceptors (Lipinski definition) is 3. The fourth-order valence-electron chi connectivity index (χ4n) is 2.97. The molecule has 136 valence electrons. The van der Waals surface area contributed by atoms with Crippen molar-refractivity contribution in [3.63, 3.8) is 0 Å². The topological polar surface area (TPSA) is 54.7 Å². The summed E-state index contributed by atoms with van der Waals surface area (Å²) >= 11 is 0. The van der Waals surface area contributed by atoms with Gasteiger partial charge in [0.15, 0.2) is 5.96 Å². The Balaban J connectivity index is 1.80. The summed E-state index contributed by atoms with van der Waals surface area (Å²) in [4.78, 5) is 7.15. The van der Waals surface area contributed by atoms with Crippen LogP contribution in [-0.4, -0.2) is 60.0 Å². The molecular formula is C18H33N5O. The second-order valence-corrected chi connectivity index (χ2v) is 6.94. The first kappa shape index (κ1) is 18.8. The molecule has 1 aliphatic heterocycles. The maximum Gasteiger partial charge on any atom is 0.193 e. The predicted octanol–water partition coefficient (Wildman–Crippen LogP) is 2.24. The lowest BCUT2D eigenvalue weighted by molar-refractivity contribution is 0.109. The van der Waals surface area contributed by atoms with Crippen LogP contribution in [0.3, 0.4) is 0 Å². The summed E-state index contributed by atoms with van der Waals surface area (Å²) in [5.74, 6) is 2.18. The second-order valence-electron chi connectivity index (χ2n) is 6.94. The van der Waals surface area contributed by atoms with Gasteiger partial charge in [0, 0.05) is 58.6 Å². The summed E-state index contributed by atoms with van der Waals surface area (Å²) in [7, 11) is 1.98. The largest absolute Gasteiger partial charge is 0.381 e. The molecule has 0 aromatic carbocycles. The van der Waals surface area contributed by atoms with Gasteiger partial charge in [0.2, 0.25) is 0 Å². The molecule has 6 heteroatoms. The third-order valence-electron chi connectivity index (χ3n) is 4.18. The number of aryl methyl sites for hydroxylation is 1. The summed E-state index contributed by atoms with van der Waals surface area (Å²) in [5, 5.41) is 7.72. The van der Waals surface area contributed by atoms with Crippen molar-refractivity contribution >= 4 is 5.96 Å². The Morgan fingerprint density at radius 2 is 2.33 bits per heavy atom. The molecule has 2 heterocycles. The zero-order valence-electron chi connectivity index (χ0n) is 15.7. The Hall–Kier alpha value is -1.56. The van der Waals surface area contributed by atoms with Crippen LogP contribution in [-0.2, 0) is 11.8 Å². The van der Waals surface area contributed by atoms with E-state index in [-0.39, 0.29) is 0 Å². The molecule has 2 rings (SSSR count). The fourth-order valence-corrected chi connectivity index (χ4v) is 2.97. The molecule has 6 nitrogen and oxygen atoms in total. The molecule has 1 aliphatic rings. The Morgan fingerprint density at radius 1 is 1.50 bits per heavy atom. The van der Waals surface area contributed by atoms with Gasteiger partial charge in [-0.05, 0) is 31.2 Å². The van der Waals surface area contributed by atoms with E-state index < -0.39 is 0 Å². The molecule has 1 atom stereocenters. The molecule has 1 saturated heterocycles. The van der Waals surface area contributed by atoms with E-state index in [1.807, 2.05) is 17.9 Å². The van der Waals surface area contributed by atoms with E-state index in [2.05, 4.69) is 42.3 Å². The third kappa shape index (κ3) is 5.82. The lowest BCUT2D eigenvalue weighted by Crippen LogP contribution is -2.40. The van der Waals surface area contributed by atoms with E-state index in [9.17, 15) is 0 Å². The highest BCUT2D eigenvalue weighted by molar-refractivity contribution is 5.80. The molecule has 0 radical (unpaired) electrons. The molecule has 1 aromatic heterocycles. The molecule has 1 aromatic rings. The van der Waals surface area contributed by atoms with Gasteiger partial charge >= 0.3 is 0 Å². The number of guanidine groups is 1. The van der Waals surface area contributed by atoms with Crippen LogP contribution in [0.25, 0.3) is 0 Å². The summed E-state index contributed by atoms with van der Waals surface area (Å²) in [6.45, 7) is 11.9. The molecule has 0 aliphatic carbocycles. The van der Waals surface area contributed by atoms with E-state index >= 15 is 0 Å². The number of nitrogens with one attached hydrogen (secondary N) is 1. The second kappa shape index (κ2) is 9.67. The molecule has 0 bridgehead atoms. The predicted molar refractivity (Wildman–Crippen MR) is 98.4 cm³/mol. The Labute approximate surface area is 146 Å². The fraction of sp³-hybridized carbons (Fsp3) is 0.778. The van der Waals surface area contributed by atoms with Crippen molar-refractivity contribution in [1.82, 2.24) is 20.0 Å². The first-order valence-electron chi connectivity index (χ1n) is 9.19. The van der Waals surface area contributed by atoms with Crippen molar-refractivity contribution in [1.29, 1.82) is 0 Å². The van der Waals surface area contributed by atoms with Crippen molar-refractivity contribution in [2.45, 2.75) is 39.5 Å². The molecule has 24 heavy (non-hydrogen) atoms. The quantitative estimate of drug-likeness (QED) is 0.450. The van der Waals surface area contributed by atoms with Gasteiger partial charge in [-0.1, -0.05) is 13.8 Å². The maximum absolute atomic E-state index is 5.63. The van der Waals surface area contributed by atoms with E-state index in [1.54, 1.807) is 0 Å². The first-order chi connectivity index (χ1) is 11.6. The van der Waals surface area contributed by atoms with E-state index in [0.29, 0.717) is 11.8 Å². The smallest absolute Gasteiger partial charge is 0.193 e. The van der Waals surface area contributed by atoms with Gasteiger partial charge in [-0.15, -0.1) is 0 Å². The van der Waals surface area contributed by atoms with Crippen LogP contribution in [0.1, 0.15) is 45.1 Å². The Morgan fingerprint density at radius 3 is 3.00 bits per heavy atom. The standard InChI is InChI=1S/C18H33N5O/c1-5-19-18(20-8-6-10-24-14-15(2)3)23-9-7-16(13-23)17-11-21-22(4)12-17/h11-12,15-16H,5-10,13-14H2,1-4H3,(H,19,20). The lowest BCUT2D eigenvalue weighted by Gasteiger charge is -2.21. The van der Waals surface area contributed by atoms with Gasteiger partial charge in [-0.3, -0.25) is 9.67 Å². The maximum atomic E-state index is 5.63. The monoisotopic (exact) mass is 335 g/mol. The van der Waals surface area contributed by atoms with E-state index in [4.69, 9.17) is 9.73 Å². The molecule has 0 saturated carbocycles. The lowest BCUT2D eigenvalue weighted by atomic mass is 10.0. The van der Waals surface area contributed by atoms with Gasteiger partial charge in [0.05, 0.1) is 6.20 Å². The zero-order chi connectivity index (χ0) is 17.4. The molecule has 0 amide bonds. The van der Waals surface area contributed by atoms with Gasteiger partial charge in [0.25, 0.3) is 0 Å². The minimum atomic E-state index is 0.553. The van der Waals surface area contributed by atoms with Crippen molar-refractivity contribution in [3.8, 4) is 0 Å². The zero-order valence-corrected chi connectivity index (χ0v) is 15.7. The first-order valence-corrected chi connectivity index (χ1v) is 9.19. The van der Waals surface area contributed by atoms with E-state index in [0.717, 1.165) is 58.2 Å². The highest BCUT2D eigenvalue weighted by Gasteiger charge is 2.26. The third-order valence-corrected chi connectivity index (χ3v) is 4.18. The number of aliphatic imine (C=N–C) groups is 1. The van der Waals surface area contributed by atoms with Crippen LogP contribution in [0, 0.1) is 5.92 Å². The van der Waals surface area contributed by atoms with Crippen LogP contribution in [0.2, 0.25) is 0 Å². The molecule has 1 unspecified atom stereocenters. The number of hydrogen-bond donors (Lipinski definition) is 1. The van der Waals surface area contributed by atoms with Gasteiger partial charge in [0.1, 0.15) is 0 Å². The van der Waals surface area contributed by atoms with Crippen molar-refractivity contribution in [3.05, 3.63) is 18.0 Å². The number of likely N-dealkylation sites (tertiary alicyclic amines) is 1. The number of nitrogens with zero attached hydrogens (tertiary/aromatic N) is 4. The Bertz CT molecular complexity index is 511. The van der Waals surface area contributed by atoms with Crippen LogP contribution in [0.5, 0.6) is 0 Å². The molecular weight excluding hydrogens is 302 g/mol. The average Bonchev–Trinajstić information content (AvgIpc) is 3.18. The number of rotatable bonds is 8. The summed E-state index contributed by atoms with van der Waals surface area (Å²) in [6.07, 6.45) is 6.25. The number of ether oxygens (including phenoxy) is 1. The van der Waals surface area contributed by atoms with Crippen molar-refractivity contribution in [2.24, 2.45) is 18.0 Å². The van der Waals surface area contributed by atoms with Gasteiger partial charge < -0.3 is 15.0 Å². The normalized spacial score (nSPS) is 18.6. The molecule has 1 N–H and O–H groups in total. The number of aromatic nitrogens is 2. The molecule has 0 spiro atoms. The average molecular weight is 335 g/mol. The molecule has 1 fully saturated rings. The minimum Gasteiger partial charge on any atom is -0.381 e. The van der Waals surface area contributed by atoms with E-state index in [1.165, 1.54) is 5.56 Å². The summed E-state index contributed by atoms with van der Waals surface area (Å²) in [6, 6.07) is 0. The Kier molecular flexibility index (Phi) is 7.56.